The summed E-state index contributed by atoms with van der Waals surface area (Å²) in [6.45, 7) is 0. The van der Waals surface area contributed by atoms with Crippen LogP contribution in [-0.2, 0) is 0 Å². The fourth-order valence-corrected chi connectivity index (χ4v) is 2.65. The van der Waals surface area contributed by atoms with E-state index in [-0.39, 0.29) is 27.2 Å². The first kappa shape index (κ1) is 12.4. The van der Waals surface area contributed by atoms with E-state index in [1.54, 1.807) is 0 Å². The molecule has 0 saturated carbocycles. The highest BCUT2D eigenvalue weighted by molar-refractivity contribution is 7.16. The highest BCUT2D eigenvalue weighted by Crippen LogP contribution is 2.35. The van der Waals surface area contributed by atoms with Crippen LogP contribution >= 0.6 is 34.5 Å². The van der Waals surface area contributed by atoms with Crippen molar-refractivity contribution in [2.45, 2.75) is 0 Å². The van der Waals surface area contributed by atoms with E-state index in [4.69, 9.17) is 27.6 Å². The van der Waals surface area contributed by atoms with Crippen LogP contribution in [0.4, 0.5) is 0 Å². The van der Waals surface area contributed by atoms with Crippen LogP contribution in [0, 0.1) is 0 Å². The van der Waals surface area contributed by atoms with Gasteiger partial charge < -0.3 is 9.52 Å². The van der Waals surface area contributed by atoms with Crippen LogP contribution < -0.4 is 5.63 Å². The predicted octanol–water partition coefficient (Wildman–Crippen LogP) is 3.32. The molecule has 0 atom stereocenters. The van der Waals surface area contributed by atoms with Crippen molar-refractivity contribution in [3.8, 4) is 17.2 Å². The molecule has 0 radical (unpaired) electrons. The van der Waals surface area contributed by atoms with Gasteiger partial charge in [0.05, 0.1) is 15.6 Å². The van der Waals surface area contributed by atoms with Gasteiger partial charge in [-0.3, -0.25) is 0 Å². The Morgan fingerprint density at radius 3 is 2.63 bits per heavy atom. The summed E-state index contributed by atoms with van der Waals surface area (Å²) in [5.41, 5.74) is 1.52. The number of halogens is 2. The van der Waals surface area contributed by atoms with Gasteiger partial charge in [0, 0.05) is 5.56 Å². The lowest BCUT2D eigenvalue weighted by molar-refractivity contribution is 0.475. The average Bonchev–Trinajstić information content (AvgIpc) is 2.84. The lowest BCUT2D eigenvalue weighted by Crippen LogP contribution is -2.02. The molecule has 0 aliphatic heterocycles. The molecule has 0 amide bonds. The third-order valence-corrected chi connectivity index (χ3v) is 3.69. The maximum atomic E-state index is 11.7. The molecule has 0 saturated heterocycles. The minimum absolute atomic E-state index is 0.0522. The Morgan fingerprint density at radius 1 is 1.26 bits per heavy atom. The van der Waals surface area contributed by atoms with Crippen molar-refractivity contribution < 1.29 is 9.52 Å². The Kier molecular flexibility index (Phi) is 2.93. The number of thiazole rings is 1. The zero-order chi connectivity index (χ0) is 13.6. The SMILES string of the molecule is O=c1oc(-c2cc(Cl)c(O)c(Cl)c2)nc2scnc12. The van der Waals surface area contributed by atoms with Crippen LogP contribution in [-0.4, -0.2) is 15.1 Å². The number of phenolic OH excluding ortho intramolecular Hbond substituents is 1. The van der Waals surface area contributed by atoms with Crippen molar-refractivity contribution in [2.75, 3.05) is 0 Å². The van der Waals surface area contributed by atoms with Crippen molar-refractivity contribution in [2.24, 2.45) is 0 Å². The maximum Gasteiger partial charge on any atom is 0.366 e. The number of benzene rings is 1. The Labute approximate surface area is 120 Å². The van der Waals surface area contributed by atoms with Gasteiger partial charge in [0.15, 0.2) is 16.1 Å². The maximum absolute atomic E-state index is 11.7. The number of aromatic nitrogens is 2. The second-order valence-electron chi connectivity index (χ2n) is 3.60. The zero-order valence-electron chi connectivity index (χ0n) is 9.05. The summed E-state index contributed by atoms with van der Waals surface area (Å²) >= 11 is 12.9. The van der Waals surface area contributed by atoms with E-state index in [1.807, 2.05) is 0 Å². The van der Waals surface area contributed by atoms with E-state index in [0.717, 1.165) is 0 Å². The molecule has 3 rings (SSSR count). The molecule has 0 aliphatic rings. The van der Waals surface area contributed by atoms with E-state index in [2.05, 4.69) is 9.97 Å². The molecule has 1 aromatic carbocycles. The summed E-state index contributed by atoms with van der Waals surface area (Å²) in [7, 11) is 0. The van der Waals surface area contributed by atoms with Crippen LogP contribution in [0.5, 0.6) is 5.75 Å². The molecule has 0 aliphatic carbocycles. The normalized spacial score (nSPS) is 11.1. The minimum atomic E-state index is -0.582. The first-order chi connectivity index (χ1) is 9.06. The van der Waals surface area contributed by atoms with E-state index in [1.165, 1.54) is 29.0 Å². The summed E-state index contributed by atoms with van der Waals surface area (Å²) in [6, 6.07) is 2.84. The third-order valence-electron chi connectivity index (χ3n) is 2.40. The number of nitrogens with zero attached hydrogens (tertiary/aromatic N) is 2. The second-order valence-corrected chi connectivity index (χ2v) is 5.25. The first-order valence-corrected chi connectivity index (χ1v) is 6.62. The standard InChI is InChI=1S/C11H4Cl2N2O3S/c12-5-1-4(2-6(13)8(5)16)9-15-10-7(11(17)18-9)14-3-19-10/h1-3,16H. The molecule has 2 aromatic heterocycles. The lowest BCUT2D eigenvalue weighted by Gasteiger charge is -2.03. The smallest absolute Gasteiger partial charge is 0.366 e. The summed E-state index contributed by atoms with van der Waals surface area (Å²) in [6.07, 6.45) is 0. The van der Waals surface area contributed by atoms with Crippen LogP contribution in [0.3, 0.4) is 0 Å². The van der Waals surface area contributed by atoms with E-state index in [9.17, 15) is 9.90 Å². The summed E-state index contributed by atoms with van der Waals surface area (Å²) in [5, 5.41) is 9.59. The molecule has 8 heteroatoms. The first-order valence-electron chi connectivity index (χ1n) is 4.99. The topological polar surface area (TPSA) is 76.2 Å². The number of rotatable bonds is 1. The largest absolute Gasteiger partial charge is 0.505 e. The van der Waals surface area contributed by atoms with Crippen molar-refractivity contribution >= 4 is 44.9 Å². The van der Waals surface area contributed by atoms with E-state index in [0.29, 0.717) is 10.4 Å². The molecular formula is C11H4Cl2N2O3S. The number of fused-ring (bicyclic) bond motifs is 1. The predicted molar refractivity (Wildman–Crippen MR) is 73.1 cm³/mol. The number of phenols is 1. The molecule has 0 unspecified atom stereocenters. The van der Waals surface area contributed by atoms with Crippen LogP contribution in [0.2, 0.25) is 10.0 Å². The molecule has 96 valence electrons. The van der Waals surface area contributed by atoms with Crippen LogP contribution in [0.15, 0.2) is 26.9 Å². The summed E-state index contributed by atoms with van der Waals surface area (Å²) < 4.78 is 5.06. The highest BCUT2D eigenvalue weighted by atomic mass is 35.5. The van der Waals surface area contributed by atoms with Gasteiger partial charge in [-0.2, -0.15) is 4.98 Å². The van der Waals surface area contributed by atoms with Crippen molar-refractivity contribution in [3.05, 3.63) is 38.1 Å². The molecule has 2 heterocycles. The Balaban J connectivity index is 2.27. The van der Waals surface area contributed by atoms with Gasteiger partial charge >= 0.3 is 5.63 Å². The molecule has 5 nitrogen and oxygen atoms in total. The van der Waals surface area contributed by atoms with Crippen LogP contribution in [0.1, 0.15) is 0 Å². The van der Waals surface area contributed by atoms with Crippen molar-refractivity contribution in [1.82, 2.24) is 9.97 Å². The molecular weight excluding hydrogens is 311 g/mol. The van der Waals surface area contributed by atoms with Gasteiger partial charge in [-0.15, -0.1) is 11.3 Å². The van der Waals surface area contributed by atoms with Gasteiger partial charge in [0.2, 0.25) is 5.89 Å². The number of hydrogen-bond acceptors (Lipinski definition) is 6. The highest BCUT2D eigenvalue weighted by Gasteiger charge is 2.14. The van der Waals surface area contributed by atoms with Gasteiger partial charge in [0.1, 0.15) is 0 Å². The fraction of sp³-hybridized carbons (Fsp3) is 0. The number of hydrogen-bond donors (Lipinski definition) is 1. The average molecular weight is 315 g/mol. The van der Waals surface area contributed by atoms with Gasteiger partial charge in [-0.1, -0.05) is 23.2 Å². The summed E-state index contributed by atoms with van der Waals surface area (Å²) in [4.78, 5) is 20.2. The van der Waals surface area contributed by atoms with Gasteiger partial charge in [-0.25, -0.2) is 9.78 Å². The Hall–Kier alpha value is -1.63. The fourth-order valence-electron chi connectivity index (χ4n) is 1.52. The molecule has 3 aromatic rings. The Bertz CT molecular complexity index is 820. The van der Waals surface area contributed by atoms with Crippen molar-refractivity contribution in [1.29, 1.82) is 0 Å². The molecule has 0 spiro atoms. The minimum Gasteiger partial charge on any atom is -0.505 e. The van der Waals surface area contributed by atoms with Gasteiger partial charge in [-0.05, 0) is 12.1 Å². The zero-order valence-corrected chi connectivity index (χ0v) is 11.4. The van der Waals surface area contributed by atoms with E-state index < -0.39 is 5.63 Å². The van der Waals surface area contributed by atoms with E-state index >= 15 is 0 Å². The quantitative estimate of drug-likeness (QED) is 0.745. The molecule has 19 heavy (non-hydrogen) atoms. The summed E-state index contributed by atoms with van der Waals surface area (Å²) in [5.74, 6) is -0.154. The van der Waals surface area contributed by atoms with Crippen molar-refractivity contribution in [3.63, 3.8) is 0 Å². The van der Waals surface area contributed by atoms with Gasteiger partial charge in [0.25, 0.3) is 0 Å². The third kappa shape index (κ3) is 2.07. The lowest BCUT2D eigenvalue weighted by atomic mass is 10.2. The monoisotopic (exact) mass is 314 g/mol. The van der Waals surface area contributed by atoms with Crippen LogP contribution in [0.25, 0.3) is 21.8 Å². The second kappa shape index (κ2) is 4.48. The Morgan fingerprint density at radius 2 is 1.95 bits per heavy atom. The molecule has 0 bridgehead atoms. The molecule has 1 N–H and O–H groups in total. The number of aromatic hydroxyl groups is 1. The molecule has 0 fully saturated rings.